The molecule has 6 nitrogen and oxygen atoms in total. The van der Waals surface area contributed by atoms with Crippen molar-refractivity contribution in [3.63, 3.8) is 0 Å². The molecule has 0 radical (unpaired) electrons. The third-order valence-corrected chi connectivity index (χ3v) is 14.8. The van der Waals surface area contributed by atoms with Gasteiger partial charge in [-0.1, -0.05) is 315 Å². The predicted molar refractivity (Wildman–Crippen MR) is 307 cm³/mol. The van der Waals surface area contributed by atoms with E-state index in [-0.39, 0.29) is 31.1 Å². The summed E-state index contributed by atoms with van der Waals surface area (Å²) in [5, 5.41) is 0. The third kappa shape index (κ3) is 58.9. The average molecular weight is 1000 g/mol. The first-order chi connectivity index (χ1) is 35.0. The molecular weight excluding hydrogens is 877 g/mol. The molecule has 0 saturated carbocycles. The Hall–Kier alpha value is -1.85. The fraction of sp³-hybridized carbons (Fsp3) is 0.923. The van der Waals surface area contributed by atoms with E-state index in [9.17, 15) is 14.4 Å². The van der Waals surface area contributed by atoms with Crippen LogP contribution >= 0.6 is 0 Å². The van der Waals surface area contributed by atoms with Crippen LogP contribution in [0.15, 0.2) is 12.2 Å². The van der Waals surface area contributed by atoms with Crippen molar-refractivity contribution in [1.29, 1.82) is 0 Å². The van der Waals surface area contributed by atoms with Crippen molar-refractivity contribution in [1.82, 2.24) is 0 Å². The maximum absolute atomic E-state index is 12.9. The molecule has 0 N–H and O–H groups in total. The summed E-state index contributed by atoms with van der Waals surface area (Å²) in [5.41, 5.74) is 0. The van der Waals surface area contributed by atoms with Gasteiger partial charge in [-0.2, -0.15) is 0 Å². The van der Waals surface area contributed by atoms with Crippen molar-refractivity contribution >= 4 is 17.9 Å². The number of hydrogen-bond acceptors (Lipinski definition) is 6. The van der Waals surface area contributed by atoms with Crippen molar-refractivity contribution in [3.8, 4) is 0 Å². The Bertz CT molecular complexity index is 1100. The van der Waals surface area contributed by atoms with Gasteiger partial charge in [0.2, 0.25) is 0 Å². The van der Waals surface area contributed by atoms with E-state index < -0.39 is 6.10 Å². The number of carbonyl (C=O) groups is 3. The van der Waals surface area contributed by atoms with Crippen LogP contribution in [0.1, 0.15) is 367 Å². The second kappa shape index (κ2) is 60.7. The summed E-state index contributed by atoms with van der Waals surface area (Å²) in [4.78, 5) is 38.3. The second-order valence-electron chi connectivity index (χ2n) is 22.0. The molecule has 0 spiro atoms. The van der Waals surface area contributed by atoms with Gasteiger partial charge >= 0.3 is 17.9 Å². The van der Waals surface area contributed by atoms with E-state index in [0.29, 0.717) is 19.3 Å². The lowest BCUT2D eigenvalue weighted by molar-refractivity contribution is -0.167. The molecule has 0 aromatic heterocycles. The minimum atomic E-state index is -0.768. The van der Waals surface area contributed by atoms with Crippen LogP contribution in [0.3, 0.4) is 0 Å². The van der Waals surface area contributed by atoms with E-state index in [0.717, 1.165) is 64.2 Å². The molecule has 0 amide bonds. The molecule has 0 aromatic carbocycles. The van der Waals surface area contributed by atoms with Gasteiger partial charge in [0, 0.05) is 19.3 Å². The third-order valence-electron chi connectivity index (χ3n) is 14.8. The number of unbranched alkanes of at least 4 members (excludes halogenated alkanes) is 47. The van der Waals surface area contributed by atoms with Gasteiger partial charge in [0.05, 0.1) is 0 Å². The molecule has 420 valence electrons. The first-order valence-electron chi connectivity index (χ1n) is 32.2. The van der Waals surface area contributed by atoms with E-state index in [1.54, 1.807) is 0 Å². The first-order valence-corrected chi connectivity index (χ1v) is 32.2. The quantitative estimate of drug-likeness (QED) is 0.0261. The highest BCUT2D eigenvalue weighted by Gasteiger charge is 2.19. The molecule has 71 heavy (non-hydrogen) atoms. The molecule has 0 aromatic rings. The maximum atomic E-state index is 12.9. The Morgan fingerprint density at radius 1 is 0.268 bits per heavy atom. The van der Waals surface area contributed by atoms with Gasteiger partial charge < -0.3 is 14.2 Å². The summed E-state index contributed by atoms with van der Waals surface area (Å²) >= 11 is 0. The Labute approximate surface area is 443 Å². The number of carbonyl (C=O) groups excluding carboxylic acids is 3. The van der Waals surface area contributed by atoms with Gasteiger partial charge in [-0.3, -0.25) is 14.4 Å². The fourth-order valence-electron chi connectivity index (χ4n) is 9.91. The lowest BCUT2D eigenvalue weighted by atomic mass is 10.0. The van der Waals surface area contributed by atoms with Crippen LogP contribution in [0.4, 0.5) is 0 Å². The SMILES string of the molecule is CCCCCCC/C=C\CCCCCCCC(=O)OCC(COC(=O)CCCCCCCCCCCCCCCCCCCCCCCCCC)OC(=O)CCCCCCCCCCCCCCCCC. The Kier molecular flexibility index (Phi) is 59.1. The van der Waals surface area contributed by atoms with Crippen molar-refractivity contribution in [2.24, 2.45) is 0 Å². The molecule has 0 bridgehead atoms. The number of ether oxygens (including phenoxy) is 3. The monoisotopic (exact) mass is 1000 g/mol. The smallest absolute Gasteiger partial charge is 0.306 e. The Morgan fingerprint density at radius 2 is 0.465 bits per heavy atom. The molecule has 0 heterocycles. The zero-order valence-corrected chi connectivity index (χ0v) is 48.3. The van der Waals surface area contributed by atoms with Gasteiger partial charge in [0.1, 0.15) is 13.2 Å². The van der Waals surface area contributed by atoms with Crippen LogP contribution in [0, 0.1) is 0 Å². The largest absolute Gasteiger partial charge is 0.462 e. The van der Waals surface area contributed by atoms with E-state index in [1.807, 2.05) is 0 Å². The molecule has 6 heteroatoms. The maximum Gasteiger partial charge on any atom is 0.306 e. The van der Waals surface area contributed by atoms with Crippen LogP contribution in [0.5, 0.6) is 0 Å². The van der Waals surface area contributed by atoms with E-state index in [4.69, 9.17) is 14.2 Å². The Morgan fingerprint density at radius 3 is 0.704 bits per heavy atom. The predicted octanol–water partition coefficient (Wildman–Crippen LogP) is 21.7. The van der Waals surface area contributed by atoms with Crippen molar-refractivity contribution in [3.05, 3.63) is 12.2 Å². The minimum absolute atomic E-state index is 0.0661. The normalized spacial score (nSPS) is 12.0. The highest BCUT2D eigenvalue weighted by molar-refractivity contribution is 5.71. The number of allylic oxidation sites excluding steroid dienone is 2. The van der Waals surface area contributed by atoms with Crippen LogP contribution in [-0.4, -0.2) is 37.2 Å². The molecule has 0 rings (SSSR count). The second-order valence-corrected chi connectivity index (χ2v) is 22.0. The molecule has 0 aliphatic heterocycles. The molecule has 0 aliphatic carbocycles. The number of esters is 3. The van der Waals surface area contributed by atoms with E-state index >= 15 is 0 Å². The molecular formula is C65H124O6. The van der Waals surface area contributed by atoms with Crippen LogP contribution < -0.4 is 0 Å². The minimum Gasteiger partial charge on any atom is -0.462 e. The average Bonchev–Trinajstić information content (AvgIpc) is 3.37. The zero-order valence-electron chi connectivity index (χ0n) is 48.3. The molecule has 1 atom stereocenters. The van der Waals surface area contributed by atoms with Crippen LogP contribution in [0.2, 0.25) is 0 Å². The molecule has 0 aliphatic rings. The molecule has 0 saturated heterocycles. The summed E-state index contributed by atoms with van der Waals surface area (Å²) in [6.07, 6.45) is 70.8. The van der Waals surface area contributed by atoms with Crippen molar-refractivity contribution in [2.45, 2.75) is 374 Å². The summed E-state index contributed by atoms with van der Waals surface area (Å²) in [6, 6.07) is 0. The highest BCUT2D eigenvalue weighted by Crippen LogP contribution is 2.18. The highest BCUT2D eigenvalue weighted by atomic mass is 16.6. The lowest BCUT2D eigenvalue weighted by Crippen LogP contribution is -2.30. The molecule has 0 fully saturated rings. The summed E-state index contributed by atoms with van der Waals surface area (Å²) in [5.74, 6) is -0.845. The van der Waals surface area contributed by atoms with Gasteiger partial charge in [-0.05, 0) is 44.9 Å². The summed E-state index contributed by atoms with van der Waals surface area (Å²) < 4.78 is 16.9. The number of rotatable bonds is 60. The fourth-order valence-corrected chi connectivity index (χ4v) is 9.91. The van der Waals surface area contributed by atoms with Gasteiger partial charge in [0.15, 0.2) is 6.10 Å². The van der Waals surface area contributed by atoms with Crippen molar-refractivity contribution < 1.29 is 28.6 Å². The topological polar surface area (TPSA) is 78.9 Å². The summed E-state index contributed by atoms with van der Waals surface area (Å²) in [7, 11) is 0. The molecule has 1 unspecified atom stereocenters. The van der Waals surface area contributed by atoms with Gasteiger partial charge in [-0.25, -0.2) is 0 Å². The lowest BCUT2D eigenvalue weighted by Gasteiger charge is -2.18. The van der Waals surface area contributed by atoms with E-state index in [2.05, 4.69) is 32.9 Å². The Balaban J connectivity index is 4.22. The van der Waals surface area contributed by atoms with Gasteiger partial charge in [-0.15, -0.1) is 0 Å². The van der Waals surface area contributed by atoms with Gasteiger partial charge in [0.25, 0.3) is 0 Å². The van der Waals surface area contributed by atoms with Crippen LogP contribution in [0.25, 0.3) is 0 Å². The number of hydrogen-bond donors (Lipinski definition) is 0. The zero-order chi connectivity index (χ0) is 51.4. The summed E-state index contributed by atoms with van der Waals surface area (Å²) in [6.45, 7) is 6.70. The van der Waals surface area contributed by atoms with Crippen molar-refractivity contribution in [2.75, 3.05) is 13.2 Å². The van der Waals surface area contributed by atoms with Crippen LogP contribution in [-0.2, 0) is 28.6 Å². The van der Waals surface area contributed by atoms with E-state index in [1.165, 1.54) is 263 Å². The standard InChI is InChI=1S/C65H124O6/c1-4-7-10-13-16-19-22-25-28-29-30-31-32-33-34-35-36-38-40-43-46-49-52-55-58-64(67)70-61-62(60-69-63(66)57-54-51-48-45-42-39-27-24-21-18-15-12-9-6-3)71-65(68)59-56-53-50-47-44-41-37-26-23-20-17-14-11-8-5-2/h24,27,62H,4-23,25-26,28-61H2,1-3H3/b27-24-. The first kappa shape index (κ1) is 69.2.